The molecule has 1 nitrogen and oxygen atoms in total. The quantitative estimate of drug-likeness (QED) is 0.559. The summed E-state index contributed by atoms with van der Waals surface area (Å²) in [6, 6.07) is 0. The van der Waals surface area contributed by atoms with Gasteiger partial charge in [-0.15, -0.1) is 0 Å². The molecule has 16 heavy (non-hydrogen) atoms. The van der Waals surface area contributed by atoms with Crippen molar-refractivity contribution >= 4 is 0 Å². The van der Waals surface area contributed by atoms with Crippen molar-refractivity contribution in [2.75, 3.05) is 0 Å². The summed E-state index contributed by atoms with van der Waals surface area (Å²) in [5, 5.41) is 0. The van der Waals surface area contributed by atoms with Crippen LogP contribution in [-0.4, -0.2) is 11.2 Å². The van der Waals surface area contributed by atoms with Gasteiger partial charge in [-0.3, -0.25) is 0 Å². The fraction of sp³-hybridized carbons (Fsp3) is 0.867. The SMILES string of the molecule is CC12C=CC(C)(O1)C13C4C5CC(C6C5C621)C43. The van der Waals surface area contributed by atoms with Crippen molar-refractivity contribution in [3.63, 3.8) is 0 Å². The van der Waals surface area contributed by atoms with Gasteiger partial charge < -0.3 is 4.74 Å². The largest absolute Gasteiger partial charge is 0.360 e. The second-order valence-electron chi connectivity index (χ2n) is 8.05. The lowest BCUT2D eigenvalue weighted by molar-refractivity contribution is -0.0452. The van der Waals surface area contributed by atoms with Gasteiger partial charge in [-0.05, 0) is 55.8 Å². The van der Waals surface area contributed by atoms with Crippen LogP contribution < -0.4 is 0 Å². The summed E-state index contributed by atoms with van der Waals surface area (Å²) in [4.78, 5) is 0. The number of hydrogen-bond acceptors (Lipinski definition) is 1. The lowest BCUT2D eigenvalue weighted by Crippen LogP contribution is -2.39. The maximum absolute atomic E-state index is 6.56. The molecule has 6 saturated carbocycles. The third kappa shape index (κ3) is 0.287. The summed E-state index contributed by atoms with van der Waals surface area (Å²) >= 11 is 0. The second kappa shape index (κ2) is 1.32. The van der Waals surface area contributed by atoms with Gasteiger partial charge in [0.05, 0.1) is 11.2 Å². The minimum Gasteiger partial charge on any atom is -0.360 e. The molecule has 6 aliphatic carbocycles. The number of rotatable bonds is 0. The van der Waals surface area contributed by atoms with E-state index < -0.39 is 0 Å². The average Bonchev–Trinajstić information content (AvgIpc) is 2.85. The van der Waals surface area contributed by atoms with Crippen LogP contribution in [0.3, 0.4) is 0 Å². The predicted molar refractivity (Wildman–Crippen MR) is 57.5 cm³/mol. The molecular weight excluding hydrogens is 196 g/mol. The van der Waals surface area contributed by atoms with E-state index in [0.717, 1.165) is 35.5 Å². The highest BCUT2D eigenvalue weighted by Gasteiger charge is 3.11. The zero-order valence-corrected chi connectivity index (χ0v) is 9.73. The van der Waals surface area contributed by atoms with E-state index >= 15 is 0 Å². The third-order valence-corrected chi connectivity index (χ3v) is 8.52. The zero-order chi connectivity index (χ0) is 10.3. The Labute approximate surface area is 95.2 Å². The van der Waals surface area contributed by atoms with Crippen LogP contribution in [0.1, 0.15) is 20.3 Å². The Kier molecular flexibility index (Phi) is 0.595. The summed E-state index contributed by atoms with van der Waals surface area (Å²) in [5.74, 6) is 6.60. The third-order valence-electron chi connectivity index (χ3n) is 8.52. The smallest absolute Gasteiger partial charge is 0.0915 e. The Morgan fingerprint density at radius 3 is 1.75 bits per heavy atom. The first kappa shape index (κ1) is 7.20. The van der Waals surface area contributed by atoms with E-state index in [0.29, 0.717) is 10.8 Å². The van der Waals surface area contributed by atoms with E-state index in [2.05, 4.69) is 26.0 Å². The van der Waals surface area contributed by atoms with Crippen LogP contribution in [0.2, 0.25) is 0 Å². The van der Waals surface area contributed by atoms with E-state index in [1.54, 1.807) is 6.42 Å². The van der Waals surface area contributed by atoms with Gasteiger partial charge >= 0.3 is 0 Å². The number of hydrogen-bond donors (Lipinski definition) is 0. The van der Waals surface area contributed by atoms with Gasteiger partial charge in [0.2, 0.25) is 0 Å². The van der Waals surface area contributed by atoms with Crippen LogP contribution in [0.5, 0.6) is 0 Å². The highest BCUT2D eigenvalue weighted by atomic mass is 16.5. The normalized spacial score (nSPS) is 93.9. The molecule has 0 radical (unpaired) electrons. The van der Waals surface area contributed by atoms with Crippen molar-refractivity contribution in [3.8, 4) is 0 Å². The van der Waals surface area contributed by atoms with E-state index in [-0.39, 0.29) is 11.2 Å². The fourth-order valence-electron chi connectivity index (χ4n) is 9.17. The topological polar surface area (TPSA) is 9.23 Å². The van der Waals surface area contributed by atoms with Crippen LogP contribution in [-0.2, 0) is 4.74 Å². The van der Waals surface area contributed by atoms with Crippen LogP contribution >= 0.6 is 0 Å². The first-order valence-corrected chi connectivity index (χ1v) is 7.04. The van der Waals surface area contributed by atoms with Gasteiger partial charge in [0.15, 0.2) is 0 Å². The number of ether oxygens (including phenoxy) is 1. The van der Waals surface area contributed by atoms with E-state index in [1.807, 2.05) is 0 Å². The van der Waals surface area contributed by atoms with Crippen molar-refractivity contribution in [1.29, 1.82) is 0 Å². The molecule has 2 aliphatic heterocycles. The van der Waals surface area contributed by atoms with Crippen LogP contribution in [0, 0.1) is 46.3 Å². The van der Waals surface area contributed by atoms with Gasteiger partial charge in [-0.1, -0.05) is 12.2 Å². The Morgan fingerprint density at radius 2 is 1.31 bits per heavy atom. The summed E-state index contributed by atoms with van der Waals surface area (Å²) in [7, 11) is 0. The highest BCUT2D eigenvalue weighted by Crippen LogP contribution is 3.11. The Balaban J connectivity index is 1.72. The Morgan fingerprint density at radius 1 is 0.875 bits per heavy atom. The molecule has 8 rings (SSSR count). The van der Waals surface area contributed by atoms with Crippen LogP contribution in [0.4, 0.5) is 0 Å². The molecule has 0 aromatic carbocycles. The standard InChI is InChI=1S/C15H16O/c1-12-3-4-13(2,16-12)15-10-6-5-7(11(10)15)9-8(6)14(9,12)15/h3-4,6-11H,5H2,1-2H3. The highest BCUT2D eigenvalue weighted by molar-refractivity contribution is 5.61. The van der Waals surface area contributed by atoms with Crippen molar-refractivity contribution < 1.29 is 4.74 Å². The molecular formula is C15H16O. The van der Waals surface area contributed by atoms with Crippen molar-refractivity contribution in [2.24, 2.45) is 46.3 Å². The average molecular weight is 212 g/mol. The fourth-order valence-corrected chi connectivity index (χ4v) is 9.17. The van der Waals surface area contributed by atoms with Gasteiger partial charge in [0.25, 0.3) is 0 Å². The molecule has 6 unspecified atom stereocenters. The molecule has 0 aromatic heterocycles. The van der Waals surface area contributed by atoms with Gasteiger partial charge in [-0.2, -0.15) is 0 Å². The number of fused-ring (bicyclic) bond motifs is 2. The van der Waals surface area contributed by atoms with Crippen molar-refractivity contribution in [3.05, 3.63) is 12.2 Å². The second-order valence-corrected chi connectivity index (χ2v) is 8.05. The maximum atomic E-state index is 6.56. The molecule has 0 amide bonds. The van der Waals surface area contributed by atoms with Crippen molar-refractivity contribution in [2.45, 2.75) is 31.5 Å². The molecule has 0 N–H and O–H groups in total. The molecule has 2 spiro atoms. The molecule has 7 fully saturated rings. The predicted octanol–water partition coefficient (Wildman–Crippen LogP) is 2.23. The molecule has 6 atom stereocenters. The van der Waals surface area contributed by atoms with Gasteiger partial charge in [-0.25, -0.2) is 0 Å². The van der Waals surface area contributed by atoms with Crippen LogP contribution in [0.15, 0.2) is 12.2 Å². The molecule has 8 aliphatic rings. The molecule has 0 aromatic rings. The molecule has 82 valence electrons. The lowest BCUT2D eigenvalue weighted by atomic mass is 9.66. The molecule has 1 heteroatoms. The minimum atomic E-state index is 0.133. The molecule has 1 saturated heterocycles. The lowest BCUT2D eigenvalue weighted by Gasteiger charge is -2.33. The van der Waals surface area contributed by atoms with E-state index in [9.17, 15) is 0 Å². The summed E-state index contributed by atoms with van der Waals surface area (Å²) < 4.78 is 6.56. The van der Waals surface area contributed by atoms with E-state index in [1.165, 1.54) is 0 Å². The van der Waals surface area contributed by atoms with Crippen LogP contribution in [0.25, 0.3) is 0 Å². The summed E-state index contributed by atoms with van der Waals surface area (Å²) in [6.45, 7) is 4.80. The first-order valence-electron chi connectivity index (χ1n) is 7.04. The monoisotopic (exact) mass is 212 g/mol. The summed E-state index contributed by atoms with van der Waals surface area (Å²) in [5.41, 5.74) is 1.56. The molecule has 2 heterocycles. The van der Waals surface area contributed by atoms with E-state index in [4.69, 9.17) is 4.74 Å². The summed E-state index contributed by atoms with van der Waals surface area (Å²) in [6.07, 6.45) is 6.47. The molecule has 4 bridgehead atoms. The zero-order valence-electron chi connectivity index (χ0n) is 9.73. The van der Waals surface area contributed by atoms with Crippen molar-refractivity contribution in [1.82, 2.24) is 0 Å². The Bertz CT molecular complexity index is 482. The van der Waals surface area contributed by atoms with Gasteiger partial charge in [0.1, 0.15) is 0 Å². The Hall–Kier alpha value is -0.300. The minimum absolute atomic E-state index is 0.133. The van der Waals surface area contributed by atoms with Gasteiger partial charge in [0, 0.05) is 10.8 Å². The maximum Gasteiger partial charge on any atom is 0.0915 e. The first-order chi connectivity index (χ1) is 7.64.